The van der Waals surface area contributed by atoms with E-state index < -0.39 is 24.3 Å². The molecule has 4 amide bonds. The van der Waals surface area contributed by atoms with Crippen LogP contribution in [-0.2, 0) is 73.6 Å². The number of amides is 4. The summed E-state index contributed by atoms with van der Waals surface area (Å²) >= 11 is 0. The Balaban J connectivity index is 0.000000161. The van der Waals surface area contributed by atoms with Crippen LogP contribution in [0.4, 0.5) is 27.5 Å². The van der Waals surface area contributed by atoms with Gasteiger partial charge in [-0.05, 0) is 104 Å². The van der Waals surface area contributed by atoms with Crippen LogP contribution in [0.1, 0.15) is 68.7 Å². The number of nitrogens with zero attached hydrogens (tertiary/aromatic N) is 17. The summed E-state index contributed by atoms with van der Waals surface area (Å²) in [7, 11) is 6.48. The lowest BCUT2D eigenvalue weighted by molar-refractivity contribution is -0.168. The number of aryl methyl sites for hydroxylation is 1. The highest BCUT2D eigenvalue weighted by molar-refractivity contribution is 6.07. The average Bonchev–Trinajstić information content (AvgIpc) is 1.66. The van der Waals surface area contributed by atoms with E-state index in [4.69, 9.17) is 60.3 Å². The van der Waals surface area contributed by atoms with E-state index >= 15 is 0 Å². The van der Waals surface area contributed by atoms with Crippen LogP contribution in [0.15, 0.2) is 232 Å². The maximum absolute atomic E-state index is 13.0. The number of halogens is 1. The molecule has 0 aliphatic carbocycles. The maximum Gasteiger partial charge on any atom is 0.437 e. The fourth-order valence-corrected chi connectivity index (χ4v) is 12.3. The van der Waals surface area contributed by atoms with Crippen LogP contribution in [0.5, 0.6) is 0 Å². The Labute approximate surface area is 771 Å². The minimum atomic E-state index is -1.09. The van der Waals surface area contributed by atoms with Gasteiger partial charge in [0.1, 0.15) is 45.8 Å². The molecule has 16 heterocycles. The molecule has 698 valence electrons. The number of hydrogen-bond acceptors (Lipinski definition) is 31. The Hall–Kier alpha value is -15.8. The van der Waals surface area contributed by atoms with E-state index in [2.05, 4.69) is 97.3 Å². The molecule has 0 spiro atoms. The Morgan fingerprint density at radius 2 is 0.739 bits per heavy atom. The number of rotatable bonds is 40. The largest absolute Gasteiger partial charge is 0.451 e. The van der Waals surface area contributed by atoms with Crippen LogP contribution in [0.2, 0.25) is 0 Å². The second-order valence-electron chi connectivity index (χ2n) is 28.9. The Morgan fingerprint density at radius 3 is 1.06 bits per heavy atom. The zero-order chi connectivity index (χ0) is 93.2. The molecule has 0 saturated carbocycles. The summed E-state index contributed by atoms with van der Waals surface area (Å²) in [6.07, 6.45) is 22.7. The number of aromatic nitrogens is 20. The lowest BCUT2D eigenvalue weighted by atomic mass is 10.2. The van der Waals surface area contributed by atoms with Crippen molar-refractivity contribution in [1.82, 2.24) is 99.4 Å². The van der Waals surface area contributed by atoms with Gasteiger partial charge in [-0.15, -0.1) is 12.4 Å². The fraction of sp³-hybridized carbons (Fsp3) is 0.267. The fourth-order valence-electron chi connectivity index (χ4n) is 12.3. The van der Waals surface area contributed by atoms with Crippen molar-refractivity contribution in [2.75, 3.05) is 116 Å². The Kier molecular flexibility index (Phi) is 35.8. The van der Waals surface area contributed by atoms with Crippen molar-refractivity contribution in [2.24, 2.45) is 5.92 Å². The highest BCUT2D eigenvalue weighted by Crippen LogP contribution is 2.33. The van der Waals surface area contributed by atoms with Crippen molar-refractivity contribution in [3.63, 3.8) is 0 Å². The van der Waals surface area contributed by atoms with Gasteiger partial charge in [0.25, 0.3) is 23.6 Å². The summed E-state index contributed by atoms with van der Waals surface area (Å²) < 4.78 is 77.3. The summed E-state index contributed by atoms with van der Waals surface area (Å²) in [5, 5.41) is 53.8. The van der Waals surface area contributed by atoms with Crippen LogP contribution in [-0.4, -0.2) is 236 Å². The summed E-state index contributed by atoms with van der Waals surface area (Å²) in [5.74, 6) is 0.0315. The molecule has 0 aromatic carbocycles. The number of anilines is 4. The molecular weight excluding hydrogens is 1760 g/mol. The zero-order valence-corrected chi connectivity index (χ0v) is 74.8. The molecule has 16 rings (SSSR count). The van der Waals surface area contributed by atoms with Gasteiger partial charge in [0.2, 0.25) is 6.29 Å². The predicted octanol–water partition coefficient (Wildman–Crippen LogP) is 13.1. The third kappa shape index (κ3) is 27.2. The van der Waals surface area contributed by atoms with E-state index in [1.54, 1.807) is 196 Å². The number of nitrogens with one attached hydrogen (secondary N) is 7. The molecule has 43 nitrogen and oxygen atoms in total. The molecule has 1 atom stereocenters. The average molecular weight is 1850 g/mol. The third-order valence-corrected chi connectivity index (χ3v) is 18.9. The first kappa shape index (κ1) is 97.3. The number of hydrogen-bond donors (Lipinski definition) is 7. The standard InChI is InChI=1S/C26H28N6O7.C22H24N6O4.2C21H22N6O4.ClH/c1-16(2)25(34)37-17(3)38-26(35)32-14-18(13-28-32)21-8-9-22(39-21)24(33)29-20-15-31(11-12-36-4)30-23(20)19-7-5-6-10-27-19;1-15-16(13-24-26-15)19-6-7-20(32-19)22(29)25-18-14-28(9-10-31-12-11-30-2)27-21(18)17-5-3-4-8-23-17;2*1-29-10-11-30-9-8-27-14-17(20(26-27)16-4-2-3-7-22-16)25-21(28)19-6-5-18(31-19)15-12-23-24-13-15;/h5-10,13-17H,11-12H2,1-4H3,(H,29,33);3-8,13-14H,9-12H2,1-2H3,(H,24,26)(H,25,29);2*2-7,12-14H,8-11H2,1H3,(H,23,24)(H,25,28);1H. The van der Waals surface area contributed by atoms with Gasteiger partial charge in [0.05, 0.1) is 191 Å². The number of carbonyl (C=O) groups excluding carboxylic acids is 6. The molecule has 16 aromatic heterocycles. The zero-order valence-electron chi connectivity index (χ0n) is 74.0. The lowest BCUT2D eigenvalue weighted by Gasteiger charge is -2.14. The highest BCUT2D eigenvalue weighted by atomic mass is 35.5. The van der Waals surface area contributed by atoms with Gasteiger partial charge < -0.3 is 81.6 Å². The topological polar surface area (TPSA) is 513 Å². The number of H-pyrrole nitrogens is 3. The Morgan fingerprint density at radius 1 is 0.388 bits per heavy atom. The van der Waals surface area contributed by atoms with Crippen molar-refractivity contribution in [3.05, 3.63) is 243 Å². The van der Waals surface area contributed by atoms with Crippen molar-refractivity contribution in [1.29, 1.82) is 0 Å². The summed E-state index contributed by atoms with van der Waals surface area (Å²) in [4.78, 5) is 92.9. The van der Waals surface area contributed by atoms with E-state index in [0.717, 1.165) is 27.1 Å². The molecule has 16 aromatic rings. The lowest BCUT2D eigenvalue weighted by Crippen LogP contribution is -2.26. The molecular formula is C90H97ClN24O19. The summed E-state index contributed by atoms with van der Waals surface area (Å²) in [5.41, 5.74) is 10.4. The maximum atomic E-state index is 13.0. The normalized spacial score (nSPS) is 11.2. The molecule has 0 fully saturated rings. The molecule has 134 heavy (non-hydrogen) atoms. The second kappa shape index (κ2) is 49.3. The smallest absolute Gasteiger partial charge is 0.437 e. The molecule has 0 bridgehead atoms. The van der Waals surface area contributed by atoms with Gasteiger partial charge in [-0.2, -0.15) is 45.5 Å². The van der Waals surface area contributed by atoms with Gasteiger partial charge in [-0.1, -0.05) is 38.1 Å². The molecule has 0 radical (unpaired) electrons. The second-order valence-corrected chi connectivity index (χ2v) is 28.9. The van der Waals surface area contributed by atoms with Crippen molar-refractivity contribution < 1.29 is 89.1 Å². The van der Waals surface area contributed by atoms with Crippen LogP contribution in [0, 0.1) is 12.8 Å². The molecule has 0 saturated heterocycles. The van der Waals surface area contributed by atoms with E-state index in [1.807, 2.05) is 67.6 Å². The Bertz CT molecular complexity index is 6160. The minimum absolute atomic E-state index is 0. The van der Waals surface area contributed by atoms with Gasteiger partial charge >= 0.3 is 12.1 Å². The van der Waals surface area contributed by atoms with E-state index in [0.29, 0.717) is 189 Å². The number of aromatic amines is 3. The SMILES string of the molecule is COCCOCCn1cc(NC(=O)c2ccc(-c3cn[nH]c3)o2)c(-c2ccccn2)n1.COCCOCCn1cc(NC(=O)c2ccc(-c3cn[nH]c3)o2)c(-c2ccccn2)n1.COCCOCCn1cc(NC(=O)c2ccc(-c3cn[nH]c3C)o2)c(-c2ccccn2)n1.COCCn1cc(NC(=O)c2ccc(-c3cnn(C(=O)OC(C)OC(=O)C(C)C)c3)o2)c(-c2ccccn2)n1.Cl. The van der Waals surface area contributed by atoms with Crippen LogP contribution < -0.4 is 21.3 Å². The highest BCUT2D eigenvalue weighted by Gasteiger charge is 2.27. The molecule has 0 aliphatic rings. The monoisotopic (exact) mass is 1850 g/mol. The summed E-state index contributed by atoms with van der Waals surface area (Å²) in [6, 6.07) is 35.1. The molecule has 0 aliphatic heterocycles. The first-order chi connectivity index (χ1) is 64.9. The number of ether oxygens (including phenoxy) is 9. The van der Waals surface area contributed by atoms with Crippen LogP contribution >= 0.6 is 12.4 Å². The third-order valence-electron chi connectivity index (χ3n) is 18.9. The number of furan rings is 4. The van der Waals surface area contributed by atoms with Crippen LogP contribution in [0.3, 0.4) is 0 Å². The van der Waals surface area contributed by atoms with E-state index in [1.165, 1.54) is 25.4 Å². The number of methoxy groups -OCH3 is 4. The molecule has 44 heteroatoms. The molecule has 1 unspecified atom stereocenters. The molecule has 7 N–H and O–H groups in total. The van der Waals surface area contributed by atoms with Gasteiger partial charge in [-0.25, -0.2) is 4.79 Å². The van der Waals surface area contributed by atoms with E-state index in [9.17, 15) is 28.8 Å². The van der Waals surface area contributed by atoms with Gasteiger partial charge in [0.15, 0.2) is 23.0 Å². The first-order valence-corrected chi connectivity index (χ1v) is 41.6. The number of esters is 1. The van der Waals surface area contributed by atoms with Crippen LogP contribution in [0.25, 0.3) is 90.8 Å². The van der Waals surface area contributed by atoms with Crippen molar-refractivity contribution >= 4 is 70.8 Å². The predicted molar refractivity (Wildman–Crippen MR) is 487 cm³/mol. The number of pyridine rings is 4. The number of carbonyl (C=O) groups is 6. The van der Waals surface area contributed by atoms with Crippen molar-refractivity contribution in [2.45, 2.75) is 60.2 Å². The first-order valence-electron chi connectivity index (χ1n) is 41.6. The van der Waals surface area contributed by atoms with E-state index in [-0.39, 0.29) is 59.1 Å². The van der Waals surface area contributed by atoms with Gasteiger partial charge in [-0.3, -0.25) is 77.9 Å². The van der Waals surface area contributed by atoms with Gasteiger partial charge in [0, 0.05) is 109 Å². The summed E-state index contributed by atoms with van der Waals surface area (Å²) in [6.45, 7) is 13.7. The minimum Gasteiger partial charge on any atom is -0.451 e. The quantitative estimate of drug-likeness (QED) is 0.0107. The van der Waals surface area contributed by atoms with Crippen molar-refractivity contribution in [3.8, 4) is 90.8 Å².